The van der Waals surface area contributed by atoms with E-state index < -0.39 is 0 Å². The van der Waals surface area contributed by atoms with Gasteiger partial charge in [0.15, 0.2) is 0 Å². The molecule has 1 fully saturated rings. The van der Waals surface area contributed by atoms with Gasteiger partial charge < -0.3 is 10.1 Å². The van der Waals surface area contributed by atoms with Crippen LogP contribution in [0.4, 0.5) is 0 Å². The highest BCUT2D eigenvalue weighted by Crippen LogP contribution is 2.19. The van der Waals surface area contributed by atoms with Gasteiger partial charge >= 0.3 is 0 Å². The molecular formula is C16H26N2O2. The number of nitrogens with one attached hydrogen (secondary N) is 1. The Hall–Kier alpha value is -1.16. The second kappa shape index (κ2) is 8.20. The quantitative estimate of drug-likeness (QED) is 0.597. The summed E-state index contributed by atoms with van der Waals surface area (Å²) in [5.74, 6) is 0.0511. The lowest BCUT2D eigenvalue weighted by Crippen LogP contribution is -2.46. The number of nitrogens with zero attached hydrogens (tertiary/aromatic N) is 1. The highest BCUT2D eigenvalue weighted by Gasteiger charge is 2.23. The van der Waals surface area contributed by atoms with E-state index in [9.17, 15) is 9.59 Å². The van der Waals surface area contributed by atoms with Crippen LogP contribution in [0.15, 0.2) is 11.6 Å². The maximum atomic E-state index is 11.9. The summed E-state index contributed by atoms with van der Waals surface area (Å²) in [7, 11) is 0. The Morgan fingerprint density at radius 3 is 3.00 bits per heavy atom. The van der Waals surface area contributed by atoms with Gasteiger partial charge in [-0.05, 0) is 51.5 Å². The SMILES string of the molecule is O=CC1CCCCN1CC(=O)NCCC1=CCCCC1. The third kappa shape index (κ3) is 4.75. The standard InChI is InChI=1S/C16H26N2O2/c19-13-15-8-4-5-11-18(15)12-16(20)17-10-9-14-6-2-1-3-7-14/h6,13,15H,1-5,7-12H2,(H,17,20). The van der Waals surface area contributed by atoms with E-state index >= 15 is 0 Å². The van der Waals surface area contributed by atoms with Crippen molar-refractivity contribution < 1.29 is 9.59 Å². The van der Waals surface area contributed by atoms with Crippen LogP contribution >= 0.6 is 0 Å². The molecule has 1 N–H and O–H groups in total. The predicted molar refractivity (Wildman–Crippen MR) is 79.5 cm³/mol. The fourth-order valence-electron chi connectivity index (χ4n) is 3.10. The number of amides is 1. The zero-order valence-corrected chi connectivity index (χ0v) is 12.3. The Morgan fingerprint density at radius 1 is 1.35 bits per heavy atom. The highest BCUT2D eigenvalue weighted by molar-refractivity contribution is 5.78. The predicted octanol–water partition coefficient (Wildman–Crippen LogP) is 2.05. The molecule has 1 amide bonds. The topological polar surface area (TPSA) is 49.4 Å². The van der Waals surface area contributed by atoms with Gasteiger partial charge in [0.1, 0.15) is 6.29 Å². The number of carbonyl (C=O) groups is 2. The number of aldehydes is 1. The molecular weight excluding hydrogens is 252 g/mol. The molecule has 0 bridgehead atoms. The smallest absolute Gasteiger partial charge is 0.234 e. The molecule has 2 rings (SSSR count). The van der Waals surface area contributed by atoms with Crippen LogP contribution in [-0.4, -0.2) is 42.8 Å². The van der Waals surface area contributed by atoms with E-state index in [1.807, 2.05) is 4.90 Å². The molecule has 2 aliphatic rings. The monoisotopic (exact) mass is 278 g/mol. The highest BCUT2D eigenvalue weighted by atomic mass is 16.2. The van der Waals surface area contributed by atoms with Crippen LogP contribution < -0.4 is 5.32 Å². The summed E-state index contributed by atoms with van der Waals surface area (Å²) in [5, 5.41) is 2.98. The van der Waals surface area contributed by atoms with Gasteiger partial charge in [-0.2, -0.15) is 0 Å². The van der Waals surface area contributed by atoms with Gasteiger partial charge in [-0.1, -0.05) is 18.1 Å². The maximum Gasteiger partial charge on any atom is 0.234 e. The van der Waals surface area contributed by atoms with Gasteiger partial charge in [0, 0.05) is 6.54 Å². The molecule has 20 heavy (non-hydrogen) atoms. The Morgan fingerprint density at radius 2 is 2.25 bits per heavy atom. The first-order valence-corrected chi connectivity index (χ1v) is 7.93. The molecule has 1 heterocycles. The van der Waals surface area contributed by atoms with Crippen molar-refractivity contribution in [3.8, 4) is 0 Å². The van der Waals surface area contributed by atoms with Crippen LogP contribution in [0.3, 0.4) is 0 Å². The number of allylic oxidation sites excluding steroid dienone is 1. The fourth-order valence-corrected chi connectivity index (χ4v) is 3.10. The molecule has 0 aromatic rings. The van der Waals surface area contributed by atoms with Gasteiger partial charge in [0.05, 0.1) is 12.6 Å². The van der Waals surface area contributed by atoms with Crippen molar-refractivity contribution in [1.82, 2.24) is 10.2 Å². The van der Waals surface area contributed by atoms with E-state index in [0.717, 1.165) is 45.1 Å². The third-order valence-electron chi connectivity index (χ3n) is 4.32. The van der Waals surface area contributed by atoms with Crippen molar-refractivity contribution in [3.05, 3.63) is 11.6 Å². The summed E-state index contributed by atoms with van der Waals surface area (Å²) >= 11 is 0. The zero-order chi connectivity index (χ0) is 14.2. The number of carbonyl (C=O) groups excluding carboxylic acids is 2. The molecule has 0 radical (unpaired) electrons. The van der Waals surface area contributed by atoms with Crippen molar-refractivity contribution in [2.75, 3.05) is 19.6 Å². The lowest BCUT2D eigenvalue weighted by atomic mass is 9.97. The normalized spacial score (nSPS) is 24.0. The average Bonchev–Trinajstić information content (AvgIpc) is 2.49. The van der Waals surface area contributed by atoms with Gasteiger partial charge in [-0.3, -0.25) is 9.69 Å². The summed E-state index contributed by atoms with van der Waals surface area (Å²) < 4.78 is 0. The Labute approximate surface area is 121 Å². The minimum absolute atomic E-state index is 0.0511. The molecule has 0 spiro atoms. The van der Waals surface area contributed by atoms with E-state index in [1.165, 1.54) is 31.3 Å². The van der Waals surface area contributed by atoms with Crippen LogP contribution in [0, 0.1) is 0 Å². The summed E-state index contributed by atoms with van der Waals surface area (Å²) in [6, 6.07) is -0.0597. The Balaban J connectivity index is 1.66. The summed E-state index contributed by atoms with van der Waals surface area (Å²) in [5.41, 5.74) is 1.49. The van der Waals surface area contributed by atoms with E-state index in [-0.39, 0.29) is 11.9 Å². The second-order valence-electron chi connectivity index (χ2n) is 5.88. The average molecular weight is 278 g/mol. The third-order valence-corrected chi connectivity index (χ3v) is 4.32. The molecule has 4 nitrogen and oxygen atoms in total. The molecule has 0 saturated carbocycles. The maximum absolute atomic E-state index is 11.9. The van der Waals surface area contributed by atoms with Crippen LogP contribution in [0.1, 0.15) is 51.4 Å². The zero-order valence-electron chi connectivity index (χ0n) is 12.3. The first-order chi connectivity index (χ1) is 9.79. The molecule has 1 atom stereocenters. The van der Waals surface area contributed by atoms with Crippen LogP contribution in [-0.2, 0) is 9.59 Å². The van der Waals surface area contributed by atoms with Crippen molar-refractivity contribution >= 4 is 12.2 Å². The molecule has 1 aliphatic heterocycles. The number of hydrogen-bond donors (Lipinski definition) is 1. The van der Waals surface area contributed by atoms with Crippen molar-refractivity contribution in [3.63, 3.8) is 0 Å². The fraction of sp³-hybridized carbons (Fsp3) is 0.750. The lowest BCUT2D eigenvalue weighted by Gasteiger charge is -2.31. The summed E-state index contributed by atoms with van der Waals surface area (Å²) in [4.78, 5) is 24.9. The van der Waals surface area contributed by atoms with Gasteiger partial charge in [0.2, 0.25) is 5.91 Å². The largest absolute Gasteiger partial charge is 0.355 e. The second-order valence-corrected chi connectivity index (χ2v) is 5.88. The molecule has 112 valence electrons. The van der Waals surface area contributed by atoms with Crippen molar-refractivity contribution in [2.24, 2.45) is 0 Å². The number of hydrogen-bond acceptors (Lipinski definition) is 3. The van der Waals surface area contributed by atoms with E-state index in [2.05, 4.69) is 11.4 Å². The molecule has 1 unspecified atom stereocenters. The summed E-state index contributed by atoms with van der Waals surface area (Å²) in [6.07, 6.45) is 12.3. The minimum Gasteiger partial charge on any atom is -0.355 e. The number of rotatable bonds is 6. The lowest BCUT2D eigenvalue weighted by molar-refractivity contribution is -0.124. The molecule has 4 heteroatoms. The van der Waals surface area contributed by atoms with E-state index in [4.69, 9.17) is 0 Å². The Bertz CT molecular complexity index is 365. The first kappa shape index (κ1) is 15.2. The summed E-state index contributed by atoms with van der Waals surface area (Å²) in [6.45, 7) is 1.95. The number of piperidine rings is 1. The van der Waals surface area contributed by atoms with Crippen LogP contribution in [0.5, 0.6) is 0 Å². The van der Waals surface area contributed by atoms with Crippen molar-refractivity contribution in [2.45, 2.75) is 57.4 Å². The number of likely N-dealkylation sites (tertiary alicyclic amines) is 1. The molecule has 0 aromatic heterocycles. The molecule has 1 saturated heterocycles. The van der Waals surface area contributed by atoms with E-state index in [0.29, 0.717) is 6.54 Å². The molecule has 1 aliphatic carbocycles. The molecule has 0 aromatic carbocycles. The van der Waals surface area contributed by atoms with Crippen molar-refractivity contribution in [1.29, 1.82) is 0 Å². The van der Waals surface area contributed by atoms with Gasteiger partial charge in [-0.25, -0.2) is 0 Å². The van der Waals surface area contributed by atoms with Gasteiger partial charge in [0.25, 0.3) is 0 Å². The van der Waals surface area contributed by atoms with Crippen LogP contribution in [0.2, 0.25) is 0 Å². The first-order valence-electron chi connectivity index (χ1n) is 7.93. The van der Waals surface area contributed by atoms with E-state index in [1.54, 1.807) is 0 Å². The van der Waals surface area contributed by atoms with Gasteiger partial charge in [-0.15, -0.1) is 0 Å². The van der Waals surface area contributed by atoms with Crippen LogP contribution in [0.25, 0.3) is 0 Å². The minimum atomic E-state index is -0.0597. The Kier molecular flexibility index (Phi) is 6.25.